The lowest BCUT2D eigenvalue weighted by atomic mass is 9.47. The number of likely N-dealkylation sites (tertiary alicyclic amines) is 1. The molecule has 0 radical (unpaired) electrons. The highest BCUT2D eigenvalue weighted by molar-refractivity contribution is 7.97. The minimum Gasteiger partial charge on any atom is -0.366 e. The Hall–Kier alpha value is -2.22. The van der Waals surface area contributed by atoms with Crippen molar-refractivity contribution in [3.8, 4) is 6.07 Å². The fourth-order valence-electron chi connectivity index (χ4n) is 11.0. The van der Waals surface area contributed by atoms with Crippen LogP contribution in [-0.4, -0.2) is 92.6 Å². The number of hydrogen-bond donors (Lipinski definition) is 1. The quantitative estimate of drug-likeness (QED) is 0.245. The van der Waals surface area contributed by atoms with E-state index in [2.05, 4.69) is 64.4 Å². The fourth-order valence-corrected chi connectivity index (χ4v) is 12.1. The Morgan fingerprint density at radius 2 is 1.78 bits per heavy atom. The molecule has 3 aliphatic heterocycles. The number of hydrogen-bond acceptors (Lipinski definition) is 7. The van der Waals surface area contributed by atoms with Crippen LogP contribution in [0.3, 0.4) is 0 Å². The van der Waals surface area contributed by atoms with Gasteiger partial charge in [-0.05, 0) is 144 Å². The minimum atomic E-state index is -0.493. The van der Waals surface area contributed by atoms with Crippen LogP contribution >= 0.6 is 11.9 Å². The molecular formula is C41H58F2N6S. The average Bonchev–Trinajstić information content (AvgIpc) is 3.57. The van der Waals surface area contributed by atoms with Gasteiger partial charge in [0.1, 0.15) is 17.0 Å². The summed E-state index contributed by atoms with van der Waals surface area (Å²) in [6.45, 7) is 11.4. The van der Waals surface area contributed by atoms with Crippen molar-refractivity contribution in [2.45, 2.75) is 87.6 Å². The van der Waals surface area contributed by atoms with Crippen LogP contribution in [0.25, 0.3) is 0 Å². The molecule has 3 heterocycles. The second-order valence-corrected chi connectivity index (χ2v) is 17.7. The maximum Gasteiger partial charge on any atom is 0.147 e. The largest absolute Gasteiger partial charge is 0.366 e. The number of anilines is 1. The second-order valence-electron chi connectivity index (χ2n) is 16.6. The molecule has 0 amide bonds. The van der Waals surface area contributed by atoms with Gasteiger partial charge in [-0.25, -0.2) is 13.1 Å². The molecule has 0 bridgehead atoms. The van der Waals surface area contributed by atoms with Crippen LogP contribution in [0.15, 0.2) is 47.4 Å². The summed E-state index contributed by atoms with van der Waals surface area (Å²) in [5.41, 5.74) is 1.31. The highest BCUT2D eigenvalue weighted by Gasteiger charge is 2.58. The van der Waals surface area contributed by atoms with Gasteiger partial charge in [-0.3, -0.25) is 0 Å². The molecule has 7 rings (SSSR count). The molecule has 3 saturated heterocycles. The zero-order valence-electron chi connectivity index (χ0n) is 30.7. The summed E-state index contributed by atoms with van der Waals surface area (Å²) >= 11 is 1.67. The highest BCUT2D eigenvalue weighted by atomic mass is 32.2. The van der Waals surface area contributed by atoms with Crippen molar-refractivity contribution < 1.29 is 8.78 Å². The van der Waals surface area contributed by atoms with Gasteiger partial charge in [0.25, 0.3) is 0 Å². The molecule has 0 spiro atoms. The molecule has 5 fully saturated rings. The summed E-state index contributed by atoms with van der Waals surface area (Å²) in [5, 5.41) is 14.1. The lowest BCUT2D eigenvalue weighted by molar-refractivity contribution is -0.0237. The van der Waals surface area contributed by atoms with Gasteiger partial charge in [-0.15, -0.1) is 0 Å². The monoisotopic (exact) mass is 704 g/mol. The Morgan fingerprint density at radius 3 is 2.44 bits per heavy atom. The lowest BCUT2D eigenvalue weighted by Crippen LogP contribution is -2.62. The van der Waals surface area contributed by atoms with E-state index in [1.165, 1.54) is 37.7 Å². The summed E-state index contributed by atoms with van der Waals surface area (Å²) in [5.74, 6) is 1.97. The minimum absolute atomic E-state index is 0.0329. The van der Waals surface area contributed by atoms with Crippen molar-refractivity contribution in [3.05, 3.63) is 59.7 Å². The smallest absolute Gasteiger partial charge is 0.147 e. The lowest BCUT2D eigenvalue weighted by Gasteiger charge is -2.59. The van der Waals surface area contributed by atoms with Gasteiger partial charge in [0.05, 0.1) is 11.8 Å². The predicted octanol–water partition coefficient (Wildman–Crippen LogP) is 7.41. The normalized spacial score (nSPS) is 30.7. The molecule has 272 valence electrons. The highest BCUT2D eigenvalue weighted by Crippen LogP contribution is 2.60. The van der Waals surface area contributed by atoms with Crippen LogP contribution in [0, 0.1) is 52.1 Å². The maximum absolute atomic E-state index is 15.6. The first kappa shape index (κ1) is 36.2. The third-order valence-corrected chi connectivity index (χ3v) is 14.7. The summed E-state index contributed by atoms with van der Waals surface area (Å²) in [7, 11) is 4.28. The zero-order valence-corrected chi connectivity index (χ0v) is 31.5. The van der Waals surface area contributed by atoms with Crippen molar-refractivity contribution in [3.63, 3.8) is 0 Å². The molecule has 1 N–H and O–H groups in total. The van der Waals surface area contributed by atoms with Crippen LogP contribution in [0.2, 0.25) is 0 Å². The van der Waals surface area contributed by atoms with E-state index in [1.54, 1.807) is 24.1 Å². The SMILES string of the molecule is CCC1CN(C)CCN1Sc1ccc(N2CC(C#N)(CN3CCC(C(c4cccc(F)c4)(C4CC(C)C4)C4CCCC4NC)CC3)C2)c(F)c1. The van der Waals surface area contributed by atoms with Crippen molar-refractivity contribution >= 4 is 17.6 Å². The van der Waals surface area contributed by atoms with Crippen molar-refractivity contribution in [1.82, 2.24) is 19.4 Å². The second kappa shape index (κ2) is 15.0. The molecule has 4 unspecified atom stereocenters. The van der Waals surface area contributed by atoms with Gasteiger partial charge < -0.3 is 20.0 Å². The first-order valence-corrected chi connectivity index (χ1v) is 20.2. The van der Waals surface area contributed by atoms with E-state index < -0.39 is 5.41 Å². The third-order valence-electron chi connectivity index (χ3n) is 13.5. The van der Waals surface area contributed by atoms with Crippen LogP contribution in [0.5, 0.6) is 0 Å². The van der Waals surface area contributed by atoms with E-state index >= 15 is 4.39 Å². The molecule has 2 aromatic rings. The molecule has 50 heavy (non-hydrogen) atoms. The number of likely N-dealkylation sites (N-methyl/N-ethyl adjacent to an activating group) is 1. The Balaban J connectivity index is 1.02. The molecule has 2 saturated carbocycles. The number of benzene rings is 2. The standard InChI is InChI=1S/C41H58F2N6S/c1-5-34-24-46(4)18-19-49(34)50-35-12-13-39(37(43)23-35)48-27-40(25-44,28-48)26-47-16-14-30(15-17-47)41(32-20-29(2)21-32,31-8-6-9-33(42)22-31)36-10-7-11-38(36)45-3/h6,8-9,12-13,22-23,29-30,32,34,36,38,45H,5,7,10-11,14-21,24,26-28H2,1-4H3. The van der Waals surface area contributed by atoms with Gasteiger partial charge in [-0.1, -0.05) is 32.4 Å². The van der Waals surface area contributed by atoms with Gasteiger partial charge in [0.15, 0.2) is 0 Å². The summed E-state index contributed by atoms with van der Waals surface area (Å²) in [6, 6.07) is 16.9. The van der Waals surface area contributed by atoms with Crippen molar-refractivity contribution in [2.24, 2.45) is 29.1 Å². The number of piperazine rings is 1. The number of piperidine rings is 1. The van der Waals surface area contributed by atoms with Gasteiger partial charge in [0.2, 0.25) is 0 Å². The number of nitrogens with zero attached hydrogens (tertiary/aromatic N) is 5. The molecule has 4 atom stereocenters. The molecule has 2 aliphatic carbocycles. The number of rotatable bonds is 11. The first-order chi connectivity index (χ1) is 24.2. The number of nitriles is 1. The Morgan fingerprint density at radius 1 is 1.00 bits per heavy atom. The van der Waals surface area contributed by atoms with Crippen LogP contribution in [0.4, 0.5) is 14.5 Å². The fraction of sp³-hybridized carbons (Fsp3) is 0.683. The maximum atomic E-state index is 15.6. The molecule has 6 nitrogen and oxygen atoms in total. The van der Waals surface area contributed by atoms with E-state index in [1.807, 2.05) is 24.3 Å². The zero-order chi connectivity index (χ0) is 35.0. The predicted molar refractivity (Wildman–Crippen MR) is 200 cm³/mol. The summed E-state index contributed by atoms with van der Waals surface area (Å²) < 4.78 is 32.9. The molecule has 2 aromatic carbocycles. The molecule has 0 aromatic heterocycles. The average molecular weight is 705 g/mol. The Kier molecular flexibility index (Phi) is 10.9. The van der Waals surface area contributed by atoms with Crippen LogP contribution in [0.1, 0.15) is 70.8 Å². The molecule has 9 heteroatoms. The van der Waals surface area contributed by atoms with E-state index in [4.69, 9.17) is 0 Å². The molecular weight excluding hydrogens is 647 g/mol. The third kappa shape index (κ3) is 6.85. The van der Waals surface area contributed by atoms with E-state index in [9.17, 15) is 9.65 Å². The van der Waals surface area contributed by atoms with Crippen LogP contribution < -0.4 is 10.2 Å². The first-order valence-electron chi connectivity index (χ1n) is 19.4. The summed E-state index contributed by atoms with van der Waals surface area (Å²) in [6.07, 6.45) is 9.28. The van der Waals surface area contributed by atoms with E-state index in [0.717, 1.165) is 69.3 Å². The van der Waals surface area contributed by atoms with Crippen molar-refractivity contribution in [1.29, 1.82) is 5.26 Å². The van der Waals surface area contributed by atoms with Gasteiger partial charge in [0, 0.05) is 61.7 Å². The molecule has 5 aliphatic rings. The van der Waals surface area contributed by atoms with Gasteiger partial charge in [-0.2, -0.15) is 5.26 Å². The Bertz CT molecular complexity index is 1510. The van der Waals surface area contributed by atoms with E-state index in [-0.39, 0.29) is 17.0 Å². The summed E-state index contributed by atoms with van der Waals surface area (Å²) in [4.78, 5) is 7.86. The van der Waals surface area contributed by atoms with Gasteiger partial charge >= 0.3 is 0 Å². The Labute approximate surface area is 304 Å². The number of nitrogens with one attached hydrogen (secondary N) is 1. The van der Waals surface area contributed by atoms with Crippen molar-refractivity contribution in [2.75, 3.05) is 71.4 Å². The topological polar surface area (TPSA) is 48.8 Å². The van der Waals surface area contributed by atoms with E-state index in [0.29, 0.717) is 48.6 Å². The van der Waals surface area contributed by atoms with Crippen LogP contribution in [-0.2, 0) is 5.41 Å². The number of halogens is 2.